The Labute approximate surface area is 206 Å². The van der Waals surface area contributed by atoms with Gasteiger partial charge in [-0.15, -0.1) is 6.58 Å². The van der Waals surface area contributed by atoms with Gasteiger partial charge in [-0.2, -0.15) is 0 Å². The molecule has 35 heavy (non-hydrogen) atoms. The lowest BCUT2D eigenvalue weighted by Gasteiger charge is -2.37. The molecule has 1 fully saturated rings. The van der Waals surface area contributed by atoms with Crippen LogP contribution in [0.5, 0.6) is 0 Å². The van der Waals surface area contributed by atoms with E-state index in [1.807, 2.05) is 49.5 Å². The van der Waals surface area contributed by atoms with Gasteiger partial charge in [-0.3, -0.25) is 9.59 Å². The zero-order valence-corrected chi connectivity index (χ0v) is 20.1. The number of amides is 1. The zero-order chi connectivity index (χ0) is 25.2. The van der Waals surface area contributed by atoms with E-state index in [1.54, 1.807) is 12.1 Å². The van der Waals surface area contributed by atoms with Gasteiger partial charge in [0.05, 0.1) is 18.8 Å². The second-order valence-corrected chi connectivity index (χ2v) is 8.78. The Morgan fingerprint density at radius 2 is 1.77 bits per heavy atom. The normalized spacial score (nSPS) is 19.9. The van der Waals surface area contributed by atoms with Crippen molar-refractivity contribution in [1.82, 2.24) is 4.90 Å². The third kappa shape index (κ3) is 8.29. The van der Waals surface area contributed by atoms with Crippen LogP contribution in [-0.4, -0.2) is 53.2 Å². The first-order valence-corrected chi connectivity index (χ1v) is 11.8. The van der Waals surface area contributed by atoms with Crippen LogP contribution in [0.3, 0.4) is 0 Å². The number of aliphatic hydroxyl groups is 1. The highest BCUT2D eigenvalue weighted by Gasteiger charge is 2.32. The van der Waals surface area contributed by atoms with E-state index in [4.69, 9.17) is 14.6 Å². The summed E-state index contributed by atoms with van der Waals surface area (Å²) in [6, 6.07) is 15.0. The van der Waals surface area contributed by atoms with Crippen molar-refractivity contribution in [2.45, 2.75) is 50.8 Å². The van der Waals surface area contributed by atoms with Gasteiger partial charge in [0.25, 0.3) is 0 Å². The minimum atomic E-state index is -0.911. The number of nitrogens with one attached hydrogen (secondary N) is 1. The van der Waals surface area contributed by atoms with Gasteiger partial charge < -0.3 is 29.9 Å². The van der Waals surface area contributed by atoms with Crippen molar-refractivity contribution >= 4 is 17.6 Å². The third-order valence-electron chi connectivity index (χ3n) is 5.83. The molecule has 0 aromatic heterocycles. The Morgan fingerprint density at radius 3 is 2.40 bits per heavy atom. The van der Waals surface area contributed by atoms with Crippen LogP contribution in [0.4, 0.5) is 5.69 Å². The first-order valence-electron chi connectivity index (χ1n) is 11.8. The molecule has 1 saturated heterocycles. The Kier molecular flexibility index (Phi) is 9.98. The quantitative estimate of drug-likeness (QED) is 0.392. The second-order valence-electron chi connectivity index (χ2n) is 8.78. The molecular weight excluding hydrogens is 448 g/mol. The minimum Gasteiger partial charge on any atom is -0.481 e. The topological polar surface area (TPSA) is 108 Å². The van der Waals surface area contributed by atoms with Gasteiger partial charge in [-0.1, -0.05) is 42.5 Å². The number of rotatable bonds is 12. The number of anilines is 1. The van der Waals surface area contributed by atoms with Crippen molar-refractivity contribution in [3.05, 3.63) is 77.9 Å². The van der Waals surface area contributed by atoms with Gasteiger partial charge in [0.1, 0.15) is 0 Å². The van der Waals surface area contributed by atoms with Crippen LogP contribution in [0.15, 0.2) is 61.2 Å². The largest absolute Gasteiger partial charge is 0.481 e. The maximum Gasteiger partial charge on any atom is 0.303 e. The first kappa shape index (κ1) is 26.6. The number of likely N-dealkylation sites (N-methyl/N-ethyl adjacent to an activating group) is 1. The van der Waals surface area contributed by atoms with Crippen molar-refractivity contribution in [1.29, 1.82) is 0 Å². The molecule has 188 valence electrons. The van der Waals surface area contributed by atoms with Crippen LogP contribution < -0.4 is 5.32 Å². The van der Waals surface area contributed by atoms with E-state index in [-0.39, 0.29) is 37.6 Å². The number of carboxylic acids is 1. The predicted octanol–water partition coefficient (Wildman–Crippen LogP) is 4.04. The van der Waals surface area contributed by atoms with Crippen molar-refractivity contribution in [2.24, 2.45) is 0 Å². The summed E-state index contributed by atoms with van der Waals surface area (Å²) in [5.74, 6) is -1.13. The number of aliphatic hydroxyl groups excluding tert-OH is 1. The van der Waals surface area contributed by atoms with Gasteiger partial charge in [-0.05, 0) is 36.7 Å². The number of carbonyl (C=O) groups excluding carboxylic acids is 1. The molecule has 2 aromatic rings. The lowest BCUT2D eigenvalue weighted by atomic mass is 9.99. The number of benzene rings is 2. The van der Waals surface area contributed by atoms with Gasteiger partial charge >= 0.3 is 5.97 Å². The summed E-state index contributed by atoms with van der Waals surface area (Å²) in [5, 5.41) is 20.8. The molecule has 0 saturated carbocycles. The van der Waals surface area contributed by atoms with E-state index >= 15 is 0 Å². The summed E-state index contributed by atoms with van der Waals surface area (Å²) in [4.78, 5) is 24.8. The van der Waals surface area contributed by atoms with Crippen LogP contribution in [0.2, 0.25) is 0 Å². The summed E-state index contributed by atoms with van der Waals surface area (Å²) in [6.07, 6.45) is 2.17. The molecule has 1 heterocycles. The lowest BCUT2D eigenvalue weighted by molar-refractivity contribution is -0.252. The predicted molar refractivity (Wildman–Crippen MR) is 133 cm³/mol. The molecule has 1 aliphatic rings. The Hall–Kier alpha value is -3.04. The van der Waals surface area contributed by atoms with Crippen LogP contribution in [0.1, 0.15) is 54.8 Å². The Balaban J connectivity index is 1.69. The van der Waals surface area contributed by atoms with Gasteiger partial charge in [0, 0.05) is 43.6 Å². The monoisotopic (exact) mass is 482 g/mol. The van der Waals surface area contributed by atoms with E-state index in [0.717, 1.165) is 29.8 Å². The van der Waals surface area contributed by atoms with Crippen LogP contribution in [0, 0.1) is 0 Å². The Morgan fingerprint density at radius 1 is 1.09 bits per heavy atom. The third-order valence-corrected chi connectivity index (χ3v) is 5.83. The number of nitrogens with zero attached hydrogens (tertiary/aromatic N) is 1. The van der Waals surface area contributed by atoms with Crippen LogP contribution in [-0.2, 0) is 25.7 Å². The lowest BCUT2D eigenvalue weighted by Crippen LogP contribution is -2.37. The number of hydrogen-bond acceptors (Lipinski definition) is 6. The molecule has 3 rings (SSSR count). The molecule has 0 bridgehead atoms. The summed E-state index contributed by atoms with van der Waals surface area (Å²) < 4.78 is 12.6. The standard InChI is InChI=1S/C27H34N2O6/c1-3-15-29(2)17-23-16-24(20-9-7-19(18-30)8-10-20)35-27(34-23)21-11-13-22(14-12-21)28-25(31)5-4-6-26(32)33/h3,7-14,23-24,27,30H,1,4-6,15-18H2,2H3,(H,28,31)(H,32,33). The van der Waals surface area contributed by atoms with Gasteiger partial charge in [-0.25, -0.2) is 0 Å². The summed E-state index contributed by atoms with van der Waals surface area (Å²) >= 11 is 0. The van der Waals surface area contributed by atoms with Gasteiger partial charge in [0.2, 0.25) is 5.91 Å². The molecule has 2 aromatic carbocycles. The molecule has 3 unspecified atom stereocenters. The van der Waals surface area contributed by atoms with E-state index in [0.29, 0.717) is 18.5 Å². The Bertz CT molecular complexity index is 976. The smallest absolute Gasteiger partial charge is 0.303 e. The summed E-state index contributed by atoms with van der Waals surface area (Å²) in [5.41, 5.74) is 3.34. The molecule has 0 spiro atoms. The van der Waals surface area contributed by atoms with E-state index in [1.165, 1.54) is 0 Å². The maximum absolute atomic E-state index is 12.0. The molecule has 3 atom stereocenters. The van der Waals surface area contributed by atoms with Crippen LogP contribution in [0.25, 0.3) is 0 Å². The molecule has 8 heteroatoms. The fourth-order valence-electron chi connectivity index (χ4n) is 4.02. The molecule has 0 aliphatic carbocycles. The van der Waals surface area contributed by atoms with E-state index in [9.17, 15) is 14.7 Å². The molecule has 3 N–H and O–H groups in total. The molecular formula is C27H34N2O6. The summed E-state index contributed by atoms with van der Waals surface area (Å²) in [7, 11) is 2.02. The summed E-state index contributed by atoms with van der Waals surface area (Å²) in [6.45, 7) is 5.28. The molecule has 0 radical (unpaired) electrons. The minimum absolute atomic E-state index is 0.00500. The first-order chi connectivity index (χ1) is 16.9. The average molecular weight is 483 g/mol. The highest BCUT2D eigenvalue weighted by Crippen LogP contribution is 2.38. The van der Waals surface area contributed by atoms with Crippen molar-refractivity contribution < 1.29 is 29.3 Å². The van der Waals surface area contributed by atoms with Gasteiger partial charge in [0.15, 0.2) is 6.29 Å². The highest BCUT2D eigenvalue weighted by molar-refractivity contribution is 5.90. The van der Waals surface area contributed by atoms with Crippen molar-refractivity contribution in [3.63, 3.8) is 0 Å². The number of aliphatic carboxylic acids is 1. The second kappa shape index (κ2) is 13.2. The number of hydrogen-bond donors (Lipinski definition) is 3. The molecule has 1 amide bonds. The van der Waals surface area contributed by atoms with Crippen LogP contribution >= 0.6 is 0 Å². The molecule has 1 aliphatic heterocycles. The SMILES string of the molecule is C=CCN(C)CC1CC(c2ccc(CO)cc2)OC(c2ccc(NC(=O)CCCC(=O)O)cc2)O1. The van der Waals surface area contributed by atoms with E-state index < -0.39 is 12.3 Å². The van der Waals surface area contributed by atoms with Crippen molar-refractivity contribution in [3.8, 4) is 0 Å². The maximum atomic E-state index is 12.0. The number of carboxylic acid groups (broad SMARTS) is 1. The number of carbonyl (C=O) groups is 2. The van der Waals surface area contributed by atoms with E-state index in [2.05, 4.69) is 16.8 Å². The average Bonchev–Trinajstić information content (AvgIpc) is 2.84. The zero-order valence-electron chi connectivity index (χ0n) is 20.1. The fraction of sp³-hybridized carbons (Fsp3) is 0.407. The molecule has 8 nitrogen and oxygen atoms in total. The van der Waals surface area contributed by atoms with Crippen molar-refractivity contribution in [2.75, 3.05) is 25.5 Å². The number of ether oxygens (including phenoxy) is 2. The highest BCUT2D eigenvalue weighted by atomic mass is 16.7. The fourth-order valence-corrected chi connectivity index (χ4v) is 4.02.